The fourth-order valence-electron chi connectivity index (χ4n) is 2.71. The summed E-state index contributed by atoms with van der Waals surface area (Å²) in [6.07, 6.45) is 3.09. The molecule has 2 amide bonds. The zero-order valence-electron chi connectivity index (χ0n) is 12.5. The second kappa shape index (κ2) is 7.16. The predicted octanol–water partition coefficient (Wildman–Crippen LogP) is 3.38. The van der Waals surface area contributed by atoms with Crippen molar-refractivity contribution in [2.45, 2.75) is 12.8 Å². The molecule has 2 aromatic rings. The van der Waals surface area contributed by atoms with Gasteiger partial charge in [0.2, 0.25) is 5.91 Å². The monoisotopic (exact) mass is 424 g/mol. The fourth-order valence-corrected chi connectivity index (χ4v) is 3.07. The van der Waals surface area contributed by atoms with Gasteiger partial charge in [0, 0.05) is 22.3 Å². The maximum atomic E-state index is 12.4. The SMILES string of the molecule is O=C(Nc1ccc(I)cc1)C1CCCN(C(=O)c2ccco2)C1. The van der Waals surface area contributed by atoms with Gasteiger partial charge in [-0.3, -0.25) is 9.59 Å². The largest absolute Gasteiger partial charge is 0.459 e. The average Bonchev–Trinajstić information content (AvgIpc) is 3.11. The van der Waals surface area contributed by atoms with Crippen LogP contribution in [0.25, 0.3) is 0 Å². The van der Waals surface area contributed by atoms with Gasteiger partial charge in [0.1, 0.15) is 0 Å². The molecular weight excluding hydrogens is 407 g/mol. The average molecular weight is 424 g/mol. The Bertz CT molecular complexity index is 682. The lowest BCUT2D eigenvalue weighted by Crippen LogP contribution is -2.43. The number of halogens is 1. The van der Waals surface area contributed by atoms with Crippen molar-refractivity contribution in [1.29, 1.82) is 0 Å². The van der Waals surface area contributed by atoms with E-state index in [1.807, 2.05) is 24.3 Å². The van der Waals surface area contributed by atoms with Crippen molar-refractivity contribution in [2.75, 3.05) is 18.4 Å². The lowest BCUT2D eigenvalue weighted by molar-refractivity contribution is -0.121. The second-order valence-corrected chi connectivity index (χ2v) is 6.81. The van der Waals surface area contributed by atoms with E-state index >= 15 is 0 Å². The molecule has 6 heteroatoms. The van der Waals surface area contributed by atoms with Crippen LogP contribution in [0.3, 0.4) is 0 Å². The summed E-state index contributed by atoms with van der Waals surface area (Å²) in [5, 5.41) is 2.93. The molecule has 1 aliphatic rings. The molecular formula is C17H17IN2O3. The van der Waals surface area contributed by atoms with Gasteiger partial charge in [-0.25, -0.2) is 0 Å². The van der Waals surface area contributed by atoms with Gasteiger partial charge in [0.15, 0.2) is 5.76 Å². The van der Waals surface area contributed by atoms with Crippen LogP contribution in [0, 0.1) is 9.49 Å². The normalized spacial score (nSPS) is 17.8. The Balaban J connectivity index is 1.62. The molecule has 0 saturated carbocycles. The van der Waals surface area contributed by atoms with E-state index in [0.717, 1.165) is 22.1 Å². The van der Waals surface area contributed by atoms with Crippen LogP contribution in [-0.2, 0) is 4.79 Å². The molecule has 1 unspecified atom stereocenters. The first-order valence-corrected chi connectivity index (χ1v) is 8.60. The van der Waals surface area contributed by atoms with Crippen LogP contribution < -0.4 is 5.32 Å². The van der Waals surface area contributed by atoms with Crippen molar-refractivity contribution in [3.8, 4) is 0 Å². The Morgan fingerprint density at radius 3 is 2.70 bits per heavy atom. The Labute approximate surface area is 148 Å². The van der Waals surface area contributed by atoms with Crippen molar-refractivity contribution in [3.05, 3.63) is 52.0 Å². The van der Waals surface area contributed by atoms with Crippen molar-refractivity contribution in [3.63, 3.8) is 0 Å². The number of anilines is 1. The number of likely N-dealkylation sites (tertiary alicyclic amines) is 1. The van der Waals surface area contributed by atoms with Gasteiger partial charge < -0.3 is 14.6 Å². The molecule has 1 N–H and O–H groups in total. The number of piperidine rings is 1. The van der Waals surface area contributed by atoms with Gasteiger partial charge in [-0.05, 0) is 71.8 Å². The Hall–Kier alpha value is -1.83. The summed E-state index contributed by atoms with van der Waals surface area (Å²) in [5.74, 6) is -0.0597. The third kappa shape index (κ3) is 3.93. The number of rotatable bonds is 3. The number of carbonyl (C=O) groups excluding carboxylic acids is 2. The summed E-state index contributed by atoms with van der Waals surface area (Å²) in [5.41, 5.74) is 0.782. The molecule has 1 aromatic carbocycles. The number of hydrogen-bond acceptors (Lipinski definition) is 3. The molecule has 1 atom stereocenters. The molecule has 0 radical (unpaired) electrons. The number of furan rings is 1. The molecule has 5 nitrogen and oxygen atoms in total. The van der Waals surface area contributed by atoms with Crippen LogP contribution >= 0.6 is 22.6 Å². The molecule has 0 bridgehead atoms. The Kier molecular flexibility index (Phi) is 5.00. The van der Waals surface area contributed by atoms with Gasteiger partial charge in [-0.15, -0.1) is 0 Å². The van der Waals surface area contributed by atoms with Gasteiger partial charge in [0.25, 0.3) is 5.91 Å². The van der Waals surface area contributed by atoms with Crippen molar-refractivity contribution >= 4 is 40.1 Å². The highest BCUT2D eigenvalue weighted by Crippen LogP contribution is 2.21. The van der Waals surface area contributed by atoms with E-state index in [-0.39, 0.29) is 17.7 Å². The van der Waals surface area contributed by atoms with E-state index < -0.39 is 0 Å². The number of nitrogens with one attached hydrogen (secondary N) is 1. The number of hydrogen-bond donors (Lipinski definition) is 1. The topological polar surface area (TPSA) is 62.6 Å². The summed E-state index contributed by atoms with van der Waals surface area (Å²) in [6.45, 7) is 1.09. The molecule has 1 saturated heterocycles. The predicted molar refractivity (Wildman–Crippen MR) is 95.1 cm³/mol. The minimum absolute atomic E-state index is 0.0387. The minimum atomic E-state index is -0.193. The first-order valence-electron chi connectivity index (χ1n) is 7.52. The highest BCUT2D eigenvalue weighted by atomic mass is 127. The molecule has 1 aromatic heterocycles. The van der Waals surface area contributed by atoms with E-state index in [0.29, 0.717) is 18.8 Å². The minimum Gasteiger partial charge on any atom is -0.459 e. The van der Waals surface area contributed by atoms with Gasteiger partial charge in [-0.1, -0.05) is 0 Å². The number of nitrogens with zero attached hydrogens (tertiary/aromatic N) is 1. The van der Waals surface area contributed by atoms with Gasteiger partial charge in [0.05, 0.1) is 12.2 Å². The molecule has 0 aliphatic carbocycles. The van der Waals surface area contributed by atoms with E-state index in [1.54, 1.807) is 17.0 Å². The van der Waals surface area contributed by atoms with Crippen molar-refractivity contribution in [1.82, 2.24) is 4.90 Å². The zero-order valence-corrected chi connectivity index (χ0v) is 14.7. The molecule has 120 valence electrons. The second-order valence-electron chi connectivity index (χ2n) is 5.56. The Morgan fingerprint density at radius 2 is 2.00 bits per heavy atom. The number of carbonyl (C=O) groups is 2. The number of amides is 2. The summed E-state index contributed by atoms with van der Waals surface area (Å²) in [7, 11) is 0. The Morgan fingerprint density at radius 1 is 1.22 bits per heavy atom. The van der Waals surface area contributed by atoms with E-state index in [9.17, 15) is 9.59 Å². The van der Waals surface area contributed by atoms with Crippen molar-refractivity contribution in [2.24, 2.45) is 5.92 Å². The zero-order chi connectivity index (χ0) is 16.2. The van der Waals surface area contributed by atoms with E-state index in [1.165, 1.54) is 6.26 Å². The quantitative estimate of drug-likeness (QED) is 0.769. The highest BCUT2D eigenvalue weighted by molar-refractivity contribution is 14.1. The molecule has 0 spiro atoms. The van der Waals surface area contributed by atoms with Crippen LogP contribution in [0.5, 0.6) is 0 Å². The van der Waals surface area contributed by atoms with Gasteiger partial charge >= 0.3 is 0 Å². The maximum absolute atomic E-state index is 12.4. The maximum Gasteiger partial charge on any atom is 0.289 e. The molecule has 2 heterocycles. The molecule has 3 rings (SSSR count). The lowest BCUT2D eigenvalue weighted by Gasteiger charge is -2.31. The first-order chi connectivity index (χ1) is 11.1. The van der Waals surface area contributed by atoms with Crippen molar-refractivity contribution < 1.29 is 14.0 Å². The highest BCUT2D eigenvalue weighted by Gasteiger charge is 2.29. The first kappa shape index (κ1) is 16.0. The summed E-state index contributed by atoms with van der Waals surface area (Å²) < 4.78 is 6.28. The standard InChI is InChI=1S/C17H17IN2O3/c18-13-5-7-14(8-6-13)19-16(21)12-3-1-9-20(11-12)17(22)15-4-2-10-23-15/h2,4-8,10,12H,1,3,9,11H2,(H,19,21). The third-order valence-corrected chi connectivity index (χ3v) is 4.64. The summed E-state index contributed by atoms with van der Waals surface area (Å²) in [4.78, 5) is 26.5. The smallest absolute Gasteiger partial charge is 0.289 e. The summed E-state index contributed by atoms with van der Waals surface area (Å²) in [6, 6.07) is 11.0. The summed E-state index contributed by atoms with van der Waals surface area (Å²) >= 11 is 2.22. The van der Waals surface area contributed by atoms with Gasteiger partial charge in [-0.2, -0.15) is 0 Å². The van der Waals surface area contributed by atoms with Crippen LogP contribution in [0.15, 0.2) is 47.1 Å². The molecule has 1 fully saturated rings. The fraction of sp³-hybridized carbons (Fsp3) is 0.294. The van der Waals surface area contributed by atoms with Crippen LogP contribution in [-0.4, -0.2) is 29.8 Å². The number of benzene rings is 1. The molecule has 1 aliphatic heterocycles. The van der Waals surface area contributed by atoms with Crippen LogP contribution in [0.2, 0.25) is 0 Å². The van der Waals surface area contributed by atoms with E-state index in [2.05, 4.69) is 27.9 Å². The molecule has 23 heavy (non-hydrogen) atoms. The van der Waals surface area contributed by atoms with Crippen LogP contribution in [0.1, 0.15) is 23.4 Å². The lowest BCUT2D eigenvalue weighted by atomic mass is 9.96. The van der Waals surface area contributed by atoms with E-state index in [4.69, 9.17) is 4.42 Å². The van der Waals surface area contributed by atoms with Crippen LogP contribution in [0.4, 0.5) is 5.69 Å². The third-order valence-electron chi connectivity index (χ3n) is 3.92.